The van der Waals surface area contributed by atoms with E-state index in [9.17, 15) is 18.4 Å². The van der Waals surface area contributed by atoms with Crippen LogP contribution >= 0.6 is 0 Å². The molecule has 2 N–H and O–H groups in total. The van der Waals surface area contributed by atoms with Crippen molar-refractivity contribution >= 4 is 17.7 Å². The van der Waals surface area contributed by atoms with Gasteiger partial charge >= 0.3 is 5.97 Å². The molecule has 3 heterocycles. The molecule has 0 saturated heterocycles. The first-order chi connectivity index (χ1) is 14.9. The van der Waals surface area contributed by atoms with Crippen LogP contribution in [0.25, 0.3) is 11.4 Å². The highest BCUT2D eigenvalue weighted by Crippen LogP contribution is 2.47. The lowest BCUT2D eigenvalue weighted by Crippen LogP contribution is -2.36. The number of nitrogens with zero attached hydrogens (tertiary/aromatic N) is 2. The summed E-state index contributed by atoms with van der Waals surface area (Å²) in [7, 11) is 0. The highest BCUT2D eigenvalue weighted by molar-refractivity contribution is 5.94. The van der Waals surface area contributed by atoms with Gasteiger partial charge < -0.3 is 15.0 Å². The van der Waals surface area contributed by atoms with E-state index in [2.05, 4.69) is 20.3 Å². The highest BCUT2D eigenvalue weighted by atomic mass is 19.1. The van der Waals surface area contributed by atoms with Crippen molar-refractivity contribution < 1.29 is 23.1 Å². The Morgan fingerprint density at radius 2 is 1.90 bits per heavy atom. The lowest BCUT2D eigenvalue weighted by atomic mass is 9.76. The molecule has 0 unspecified atom stereocenters. The molecule has 2 aromatic heterocycles. The number of fused-ring (bicyclic) bond motifs is 2. The smallest absolute Gasteiger partial charge is 0.341 e. The Kier molecular flexibility index (Phi) is 4.53. The fraction of sp³-hybridized carbons (Fsp3) is 0.273. The van der Waals surface area contributed by atoms with Crippen molar-refractivity contribution in [1.29, 1.82) is 0 Å². The number of anilines is 1. The Morgan fingerprint density at radius 3 is 2.65 bits per heavy atom. The molecule has 158 valence electrons. The largest absolute Gasteiger partial charge is 0.449 e. The summed E-state index contributed by atoms with van der Waals surface area (Å²) in [5.74, 6) is -1.67. The topological polar surface area (TPSA) is 97.0 Å². The maximum Gasteiger partial charge on any atom is 0.341 e. The van der Waals surface area contributed by atoms with Crippen LogP contribution < -0.4 is 5.32 Å². The summed E-state index contributed by atoms with van der Waals surface area (Å²) in [5.41, 5.74) is 0.628. The normalized spacial score (nSPS) is 22.3. The predicted molar refractivity (Wildman–Crippen MR) is 106 cm³/mol. The third-order valence-electron chi connectivity index (χ3n) is 5.88. The third kappa shape index (κ3) is 3.45. The van der Waals surface area contributed by atoms with Crippen molar-refractivity contribution in [1.82, 2.24) is 15.0 Å². The Labute approximate surface area is 175 Å². The number of aromatic amines is 1. The summed E-state index contributed by atoms with van der Waals surface area (Å²) in [4.78, 5) is 36.2. The van der Waals surface area contributed by atoms with Crippen molar-refractivity contribution in [3.05, 3.63) is 65.6 Å². The number of aromatic nitrogens is 3. The number of H-pyrrole nitrogens is 1. The first kappa shape index (κ1) is 19.3. The first-order valence-corrected chi connectivity index (χ1v) is 9.95. The van der Waals surface area contributed by atoms with Gasteiger partial charge in [0.05, 0.1) is 17.5 Å². The second-order valence-corrected chi connectivity index (χ2v) is 7.85. The van der Waals surface area contributed by atoms with E-state index < -0.39 is 17.2 Å². The lowest BCUT2D eigenvalue weighted by molar-refractivity contribution is -0.123. The molecule has 1 aromatic carbocycles. The third-order valence-corrected chi connectivity index (χ3v) is 5.88. The number of benzene rings is 1. The zero-order chi connectivity index (χ0) is 21.6. The second kappa shape index (κ2) is 7.26. The molecule has 3 aromatic rings. The van der Waals surface area contributed by atoms with Gasteiger partial charge in [0.15, 0.2) is 5.60 Å². The number of ether oxygens (including phenoxy) is 1. The van der Waals surface area contributed by atoms with E-state index in [1.165, 1.54) is 6.20 Å². The lowest BCUT2D eigenvalue weighted by Gasteiger charge is -2.35. The number of amides is 1. The molecule has 1 aliphatic carbocycles. The van der Waals surface area contributed by atoms with Gasteiger partial charge in [-0.1, -0.05) is 0 Å². The molecule has 9 heteroatoms. The minimum Gasteiger partial charge on any atom is -0.449 e. The van der Waals surface area contributed by atoms with Gasteiger partial charge in [-0.25, -0.2) is 18.6 Å². The quantitative estimate of drug-likeness (QED) is 0.621. The number of nitrogens with one attached hydrogen (secondary N) is 2. The zero-order valence-corrected chi connectivity index (χ0v) is 16.3. The van der Waals surface area contributed by atoms with Crippen molar-refractivity contribution in [2.24, 2.45) is 5.92 Å². The summed E-state index contributed by atoms with van der Waals surface area (Å²) in [6.45, 7) is 0. The van der Waals surface area contributed by atoms with Crippen LogP contribution in [0.3, 0.4) is 0 Å². The number of hydrogen-bond donors (Lipinski definition) is 2. The van der Waals surface area contributed by atoms with Crippen LogP contribution in [0.4, 0.5) is 14.6 Å². The van der Waals surface area contributed by atoms with E-state index in [4.69, 9.17) is 4.74 Å². The van der Waals surface area contributed by atoms with E-state index in [0.717, 1.165) is 18.2 Å². The fourth-order valence-electron chi connectivity index (χ4n) is 4.36. The van der Waals surface area contributed by atoms with E-state index in [0.29, 0.717) is 42.8 Å². The number of imidazole rings is 1. The molecule has 1 spiro atoms. The number of rotatable bonds is 3. The van der Waals surface area contributed by atoms with Crippen molar-refractivity contribution in [3.63, 3.8) is 0 Å². The zero-order valence-electron chi connectivity index (χ0n) is 16.3. The standard InChI is InChI=1S/C22H18F2N4O3/c23-14-8-13(9-15(24)10-14)19-26-11-17(27-19)28-20(29)12-3-5-22(6-4-12)18-16(21(30)31-22)2-1-7-25-18/h1-2,7-12H,3-6H2,(H,26,27)(H,28,29). The first-order valence-electron chi connectivity index (χ1n) is 9.95. The SMILES string of the molecule is O=C1OC2(CCC(C(=O)Nc3cnc(-c4cc(F)cc(F)c4)[nH]3)CC2)c2ncccc21. The second-order valence-electron chi connectivity index (χ2n) is 7.85. The molecule has 1 saturated carbocycles. The van der Waals surface area contributed by atoms with Crippen molar-refractivity contribution in [2.75, 3.05) is 5.32 Å². The monoisotopic (exact) mass is 424 g/mol. The number of hydrogen-bond acceptors (Lipinski definition) is 5. The summed E-state index contributed by atoms with van der Waals surface area (Å²) in [5, 5.41) is 2.77. The van der Waals surface area contributed by atoms with Gasteiger partial charge in [-0.05, 0) is 49.9 Å². The number of pyridine rings is 1. The van der Waals surface area contributed by atoms with Crippen LogP contribution in [0.2, 0.25) is 0 Å². The van der Waals surface area contributed by atoms with Crippen LogP contribution in [0.5, 0.6) is 0 Å². The van der Waals surface area contributed by atoms with Gasteiger partial charge in [-0.2, -0.15) is 0 Å². The predicted octanol–water partition coefficient (Wildman–Crippen LogP) is 3.94. The summed E-state index contributed by atoms with van der Waals surface area (Å²) in [6, 6.07) is 6.50. The van der Waals surface area contributed by atoms with E-state index >= 15 is 0 Å². The average molecular weight is 424 g/mol. The number of esters is 1. The molecule has 1 amide bonds. The summed E-state index contributed by atoms with van der Waals surface area (Å²) in [6.07, 6.45) is 5.13. The Hall–Kier alpha value is -3.62. The molecule has 5 rings (SSSR count). The molecule has 0 radical (unpaired) electrons. The minimum atomic E-state index is -0.757. The van der Waals surface area contributed by atoms with Crippen LogP contribution in [0.1, 0.15) is 41.7 Å². The maximum atomic E-state index is 13.4. The summed E-state index contributed by atoms with van der Waals surface area (Å²) >= 11 is 0. The van der Waals surface area contributed by atoms with E-state index in [1.54, 1.807) is 18.3 Å². The number of carbonyl (C=O) groups excluding carboxylic acids is 2. The Bertz CT molecular complexity index is 1160. The van der Waals surface area contributed by atoms with Crippen LogP contribution in [-0.4, -0.2) is 26.8 Å². The molecular formula is C22H18F2N4O3. The molecule has 7 nitrogen and oxygen atoms in total. The fourth-order valence-corrected chi connectivity index (χ4v) is 4.36. The Morgan fingerprint density at radius 1 is 1.16 bits per heavy atom. The average Bonchev–Trinajstić information content (AvgIpc) is 3.31. The minimum absolute atomic E-state index is 0.193. The van der Waals surface area contributed by atoms with Gasteiger partial charge in [0.1, 0.15) is 23.3 Å². The molecule has 0 bridgehead atoms. The van der Waals surface area contributed by atoms with Gasteiger partial charge in [-0.3, -0.25) is 9.78 Å². The van der Waals surface area contributed by atoms with Crippen molar-refractivity contribution in [2.45, 2.75) is 31.3 Å². The Balaban J connectivity index is 1.25. The maximum absolute atomic E-state index is 13.4. The van der Waals surface area contributed by atoms with Crippen LogP contribution in [0, 0.1) is 17.6 Å². The molecule has 1 aliphatic heterocycles. The van der Waals surface area contributed by atoms with Gasteiger partial charge in [0.2, 0.25) is 5.91 Å². The molecular weight excluding hydrogens is 406 g/mol. The molecule has 1 fully saturated rings. The molecule has 0 atom stereocenters. The molecule has 31 heavy (non-hydrogen) atoms. The van der Waals surface area contributed by atoms with E-state index in [-0.39, 0.29) is 29.2 Å². The van der Waals surface area contributed by atoms with E-state index in [1.807, 2.05) is 0 Å². The highest BCUT2D eigenvalue weighted by Gasteiger charge is 2.49. The van der Waals surface area contributed by atoms with Crippen LogP contribution in [-0.2, 0) is 15.1 Å². The number of halogens is 2. The number of carbonyl (C=O) groups is 2. The summed E-state index contributed by atoms with van der Waals surface area (Å²) < 4.78 is 32.5. The van der Waals surface area contributed by atoms with Gasteiger partial charge in [0.25, 0.3) is 0 Å². The van der Waals surface area contributed by atoms with Crippen molar-refractivity contribution in [3.8, 4) is 11.4 Å². The van der Waals surface area contributed by atoms with Crippen LogP contribution in [0.15, 0.2) is 42.7 Å². The molecule has 2 aliphatic rings. The van der Waals surface area contributed by atoms with Gasteiger partial charge in [-0.15, -0.1) is 0 Å². The van der Waals surface area contributed by atoms with Gasteiger partial charge in [0, 0.05) is 23.7 Å².